The van der Waals surface area contributed by atoms with E-state index in [1.807, 2.05) is 6.92 Å². The lowest BCUT2D eigenvalue weighted by atomic mass is 9.48. The average molecular weight is 278 g/mol. The molecule has 102 valence electrons. The lowest BCUT2D eigenvalue weighted by molar-refractivity contribution is -0.00573. The van der Waals surface area contributed by atoms with Crippen LogP contribution in [0.1, 0.15) is 49.8 Å². The molecule has 4 saturated carbocycles. The molecule has 0 spiro atoms. The van der Waals surface area contributed by atoms with Gasteiger partial charge in [0, 0.05) is 16.7 Å². The topological polar surface area (TPSA) is 51.8 Å². The summed E-state index contributed by atoms with van der Waals surface area (Å²) in [6, 6.07) is 0. The van der Waals surface area contributed by atoms with Crippen molar-refractivity contribution in [2.45, 2.75) is 50.9 Å². The first-order valence-corrected chi connectivity index (χ1v) is 7.73. The number of hydrogen-bond donors (Lipinski definition) is 1. The molecule has 1 heterocycles. The van der Waals surface area contributed by atoms with Crippen LogP contribution >= 0.6 is 11.6 Å². The third-order valence-corrected chi connectivity index (χ3v) is 5.91. The second-order valence-corrected chi connectivity index (χ2v) is 7.39. The monoisotopic (exact) mass is 277 g/mol. The Morgan fingerprint density at radius 1 is 1.05 bits per heavy atom. The molecule has 4 fully saturated rings. The van der Waals surface area contributed by atoms with E-state index < -0.39 is 0 Å². The molecule has 0 amide bonds. The van der Waals surface area contributed by atoms with Crippen LogP contribution in [-0.2, 0) is 5.41 Å². The molecule has 0 radical (unpaired) electrons. The highest BCUT2D eigenvalue weighted by atomic mass is 35.5. The maximum absolute atomic E-state index is 6.44. The van der Waals surface area contributed by atoms with Crippen molar-refractivity contribution in [1.29, 1.82) is 0 Å². The van der Waals surface area contributed by atoms with Crippen molar-refractivity contribution < 1.29 is 0 Å². The maximum Gasteiger partial charge on any atom is 0.221 e. The number of halogens is 1. The Morgan fingerprint density at radius 3 is 2.05 bits per heavy atom. The molecule has 0 aromatic carbocycles. The van der Waals surface area contributed by atoms with Crippen molar-refractivity contribution in [2.24, 2.45) is 17.8 Å². The quantitative estimate of drug-likeness (QED) is 0.800. The first-order chi connectivity index (χ1) is 9.06. The predicted molar refractivity (Wildman–Crippen MR) is 76.0 cm³/mol. The highest BCUT2D eigenvalue weighted by molar-refractivity contribution is 6.30. The number of rotatable bonds is 1. The summed E-state index contributed by atoms with van der Waals surface area (Å²) in [5.41, 5.74) is 8.18. The van der Waals surface area contributed by atoms with Crippen molar-refractivity contribution in [2.75, 3.05) is 5.73 Å². The molecule has 1 aromatic heterocycles. The molecule has 0 unspecified atom stereocenters. The van der Waals surface area contributed by atoms with Gasteiger partial charge in [0.05, 0.1) is 0 Å². The van der Waals surface area contributed by atoms with Crippen molar-refractivity contribution in [3.8, 4) is 0 Å². The number of aryl methyl sites for hydroxylation is 1. The van der Waals surface area contributed by atoms with Gasteiger partial charge in [-0.15, -0.1) is 0 Å². The minimum Gasteiger partial charge on any atom is -0.368 e. The fraction of sp³-hybridized carbons (Fsp3) is 0.733. The largest absolute Gasteiger partial charge is 0.368 e. The van der Waals surface area contributed by atoms with Crippen LogP contribution < -0.4 is 5.73 Å². The zero-order chi connectivity index (χ0) is 13.2. The summed E-state index contributed by atoms with van der Waals surface area (Å²) >= 11 is 6.44. The Morgan fingerprint density at radius 2 is 1.58 bits per heavy atom. The van der Waals surface area contributed by atoms with Gasteiger partial charge in [0.2, 0.25) is 5.95 Å². The molecule has 19 heavy (non-hydrogen) atoms. The fourth-order valence-corrected chi connectivity index (χ4v) is 6.00. The van der Waals surface area contributed by atoms with Gasteiger partial charge < -0.3 is 5.73 Å². The zero-order valence-corrected chi connectivity index (χ0v) is 12.1. The van der Waals surface area contributed by atoms with Gasteiger partial charge in [-0.2, -0.15) is 0 Å². The minimum atomic E-state index is 0.254. The molecular weight excluding hydrogens is 258 g/mol. The first-order valence-electron chi connectivity index (χ1n) is 7.36. The number of aromatic nitrogens is 2. The molecule has 1 aromatic rings. The summed E-state index contributed by atoms with van der Waals surface area (Å²) in [5, 5.41) is 0.604. The maximum atomic E-state index is 6.44. The Bertz CT molecular complexity index is 482. The number of hydrogen-bond acceptors (Lipinski definition) is 3. The molecule has 0 atom stereocenters. The Balaban J connectivity index is 1.84. The van der Waals surface area contributed by atoms with Gasteiger partial charge >= 0.3 is 0 Å². The molecule has 4 aliphatic rings. The standard InChI is InChI=1S/C15H20ClN3/c1-8-12(13(16)19-14(17)18-8)15-5-9-2-10(6-15)4-11(3-9)7-15/h9-11H,2-7H2,1H3,(H2,17,18,19). The van der Waals surface area contributed by atoms with Crippen molar-refractivity contribution in [1.82, 2.24) is 9.97 Å². The highest BCUT2D eigenvalue weighted by Gasteiger charge is 2.53. The molecule has 4 heteroatoms. The third-order valence-electron chi connectivity index (χ3n) is 5.63. The summed E-state index contributed by atoms with van der Waals surface area (Å²) in [4.78, 5) is 8.60. The summed E-state index contributed by atoms with van der Waals surface area (Å²) in [6.07, 6.45) is 8.16. The third kappa shape index (κ3) is 1.70. The van der Waals surface area contributed by atoms with E-state index in [4.69, 9.17) is 17.3 Å². The molecule has 4 bridgehead atoms. The summed E-state index contributed by atoms with van der Waals surface area (Å²) in [6.45, 7) is 2.04. The summed E-state index contributed by atoms with van der Waals surface area (Å²) in [7, 11) is 0. The van der Waals surface area contributed by atoms with Gasteiger partial charge in [-0.1, -0.05) is 11.6 Å². The van der Waals surface area contributed by atoms with Crippen LogP contribution in [0.2, 0.25) is 5.15 Å². The van der Waals surface area contributed by atoms with Gasteiger partial charge in [-0.05, 0) is 63.2 Å². The van der Waals surface area contributed by atoms with Crippen LogP contribution in [0.25, 0.3) is 0 Å². The molecule has 4 aliphatic carbocycles. The van der Waals surface area contributed by atoms with Crippen LogP contribution in [0.3, 0.4) is 0 Å². The normalized spacial score (nSPS) is 39.8. The van der Waals surface area contributed by atoms with E-state index in [1.54, 1.807) is 0 Å². The molecular formula is C15H20ClN3. The van der Waals surface area contributed by atoms with Gasteiger partial charge in [0.1, 0.15) is 5.15 Å². The average Bonchev–Trinajstić information content (AvgIpc) is 2.24. The summed E-state index contributed by atoms with van der Waals surface area (Å²) < 4.78 is 0. The highest BCUT2D eigenvalue weighted by Crippen LogP contribution is 2.61. The lowest BCUT2D eigenvalue weighted by Crippen LogP contribution is -2.49. The van der Waals surface area contributed by atoms with Gasteiger partial charge in [0.15, 0.2) is 0 Å². The Labute approximate surface area is 119 Å². The van der Waals surface area contributed by atoms with Crippen LogP contribution in [0.5, 0.6) is 0 Å². The SMILES string of the molecule is Cc1nc(N)nc(Cl)c1C12CC3CC(CC(C3)C1)C2. The first kappa shape index (κ1) is 12.0. The summed E-state index contributed by atoms with van der Waals surface area (Å²) in [5.74, 6) is 3.01. The molecule has 0 saturated heterocycles. The van der Waals surface area contributed by atoms with Gasteiger partial charge in [-0.3, -0.25) is 0 Å². The predicted octanol–water partition coefficient (Wildman–Crippen LogP) is 3.49. The van der Waals surface area contributed by atoms with Gasteiger partial charge in [-0.25, -0.2) is 9.97 Å². The van der Waals surface area contributed by atoms with E-state index >= 15 is 0 Å². The second kappa shape index (κ2) is 3.85. The molecule has 0 aliphatic heterocycles. The molecule has 5 rings (SSSR count). The van der Waals surface area contributed by atoms with E-state index in [-0.39, 0.29) is 5.41 Å². The van der Waals surface area contributed by atoms with Crippen molar-refractivity contribution in [3.63, 3.8) is 0 Å². The van der Waals surface area contributed by atoms with Crippen LogP contribution in [0, 0.1) is 24.7 Å². The minimum absolute atomic E-state index is 0.254. The zero-order valence-electron chi connectivity index (χ0n) is 11.3. The number of nitrogens with two attached hydrogens (primary N) is 1. The number of anilines is 1. The fourth-order valence-electron chi connectivity index (χ4n) is 5.58. The van der Waals surface area contributed by atoms with E-state index in [2.05, 4.69) is 9.97 Å². The smallest absolute Gasteiger partial charge is 0.221 e. The van der Waals surface area contributed by atoms with E-state index in [0.29, 0.717) is 11.1 Å². The van der Waals surface area contributed by atoms with Gasteiger partial charge in [0.25, 0.3) is 0 Å². The van der Waals surface area contributed by atoms with Crippen molar-refractivity contribution >= 4 is 17.5 Å². The molecule has 2 N–H and O–H groups in total. The lowest BCUT2D eigenvalue weighted by Gasteiger charge is -2.57. The van der Waals surface area contributed by atoms with Crippen LogP contribution in [0.15, 0.2) is 0 Å². The van der Waals surface area contributed by atoms with E-state index in [9.17, 15) is 0 Å². The Kier molecular flexibility index (Phi) is 2.42. The number of nitrogen functional groups attached to an aromatic ring is 1. The van der Waals surface area contributed by atoms with Crippen LogP contribution in [0.4, 0.5) is 5.95 Å². The van der Waals surface area contributed by atoms with Crippen LogP contribution in [-0.4, -0.2) is 9.97 Å². The Hall–Kier alpha value is -0.830. The van der Waals surface area contributed by atoms with E-state index in [0.717, 1.165) is 23.4 Å². The van der Waals surface area contributed by atoms with Crippen molar-refractivity contribution in [3.05, 3.63) is 16.4 Å². The second-order valence-electron chi connectivity index (χ2n) is 7.03. The number of nitrogens with zero attached hydrogens (tertiary/aromatic N) is 2. The van der Waals surface area contributed by atoms with E-state index in [1.165, 1.54) is 44.1 Å². The molecule has 3 nitrogen and oxygen atoms in total.